The van der Waals surface area contributed by atoms with Crippen molar-refractivity contribution in [3.8, 4) is 0 Å². The summed E-state index contributed by atoms with van der Waals surface area (Å²) in [5, 5.41) is 3.04. The second kappa shape index (κ2) is 8.77. The van der Waals surface area contributed by atoms with Crippen LogP contribution in [-0.4, -0.2) is 47.4 Å². The molecule has 1 N–H and O–H groups in total. The van der Waals surface area contributed by atoms with Crippen molar-refractivity contribution in [2.75, 3.05) is 26.0 Å². The summed E-state index contributed by atoms with van der Waals surface area (Å²) < 4.78 is 4.77. The molecule has 0 radical (unpaired) electrons. The SMILES string of the molecule is CCCCN(C)C(=O)c1cc(Nc2ccccc2C(=O)OC)ncn1. The first-order valence-electron chi connectivity index (χ1n) is 8.08. The number of hydrogen-bond donors (Lipinski definition) is 1. The third-order valence-electron chi connectivity index (χ3n) is 3.68. The highest BCUT2D eigenvalue weighted by Crippen LogP contribution is 2.20. The van der Waals surface area contributed by atoms with Crippen LogP contribution in [0.3, 0.4) is 0 Å². The number of aromatic nitrogens is 2. The highest BCUT2D eigenvalue weighted by molar-refractivity contribution is 5.96. The maximum atomic E-state index is 12.4. The number of hydrogen-bond acceptors (Lipinski definition) is 6. The molecule has 0 fully saturated rings. The molecule has 0 aliphatic carbocycles. The number of methoxy groups -OCH3 is 1. The number of carbonyl (C=O) groups is 2. The molecule has 0 aliphatic rings. The molecule has 0 atom stereocenters. The van der Waals surface area contributed by atoms with E-state index in [9.17, 15) is 9.59 Å². The van der Waals surface area contributed by atoms with E-state index in [0.29, 0.717) is 29.3 Å². The van der Waals surface area contributed by atoms with Crippen LogP contribution in [-0.2, 0) is 4.74 Å². The number of esters is 1. The number of amides is 1. The summed E-state index contributed by atoms with van der Waals surface area (Å²) in [6.07, 6.45) is 3.27. The van der Waals surface area contributed by atoms with Crippen LogP contribution < -0.4 is 5.32 Å². The monoisotopic (exact) mass is 342 g/mol. The van der Waals surface area contributed by atoms with Gasteiger partial charge in [0.15, 0.2) is 0 Å². The van der Waals surface area contributed by atoms with Crippen molar-refractivity contribution < 1.29 is 14.3 Å². The van der Waals surface area contributed by atoms with Crippen molar-refractivity contribution in [1.82, 2.24) is 14.9 Å². The molecule has 0 bridgehead atoms. The lowest BCUT2D eigenvalue weighted by atomic mass is 10.2. The summed E-state index contributed by atoms with van der Waals surface area (Å²) in [7, 11) is 3.08. The normalized spacial score (nSPS) is 10.2. The van der Waals surface area contributed by atoms with Gasteiger partial charge in [0, 0.05) is 19.7 Å². The van der Waals surface area contributed by atoms with Gasteiger partial charge in [0.05, 0.1) is 18.4 Å². The van der Waals surface area contributed by atoms with Crippen LogP contribution in [0.4, 0.5) is 11.5 Å². The van der Waals surface area contributed by atoms with Gasteiger partial charge in [-0.15, -0.1) is 0 Å². The zero-order valence-electron chi connectivity index (χ0n) is 14.7. The van der Waals surface area contributed by atoms with Gasteiger partial charge in [0.2, 0.25) is 0 Å². The number of ether oxygens (including phenoxy) is 1. The number of rotatable bonds is 7. The van der Waals surface area contributed by atoms with E-state index in [1.165, 1.54) is 13.4 Å². The largest absolute Gasteiger partial charge is 0.465 e. The van der Waals surface area contributed by atoms with E-state index in [0.717, 1.165) is 12.8 Å². The highest BCUT2D eigenvalue weighted by Gasteiger charge is 2.15. The fraction of sp³-hybridized carbons (Fsp3) is 0.333. The summed E-state index contributed by atoms with van der Waals surface area (Å²) in [5.41, 5.74) is 1.23. The molecule has 1 aromatic carbocycles. The van der Waals surface area contributed by atoms with E-state index in [1.807, 2.05) is 0 Å². The van der Waals surface area contributed by atoms with Crippen LogP contribution >= 0.6 is 0 Å². The molecular weight excluding hydrogens is 320 g/mol. The molecule has 2 rings (SSSR count). The molecule has 7 nitrogen and oxygen atoms in total. The summed E-state index contributed by atoms with van der Waals surface area (Å²) in [6, 6.07) is 8.50. The molecule has 1 heterocycles. The average Bonchev–Trinajstić information content (AvgIpc) is 2.65. The quantitative estimate of drug-likeness (QED) is 0.779. The Morgan fingerprint density at radius 1 is 1.24 bits per heavy atom. The molecule has 0 unspecified atom stereocenters. The maximum absolute atomic E-state index is 12.4. The summed E-state index contributed by atoms with van der Waals surface area (Å²) in [4.78, 5) is 34.1. The van der Waals surface area contributed by atoms with Crippen LogP contribution in [0.2, 0.25) is 0 Å². The standard InChI is InChI=1S/C18H22N4O3/c1-4-5-10-22(2)17(23)15-11-16(20-12-19-15)21-14-9-7-6-8-13(14)18(24)25-3/h6-9,11-12H,4-5,10H2,1-3H3,(H,19,20,21). The van der Waals surface area contributed by atoms with Gasteiger partial charge in [-0.2, -0.15) is 0 Å². The lowest BCUT2D eigenvalue weighted by Crippen LogP contribution is -2.28. The predicted octanol–water partition coefficient (Wildman–Crippen LogP) is 2.88. The molecule has 2 aromatic rings. The van der Waals surface area contributed by atoms with Crippen molar-refractivity contribution in [2.24, 2.45) is 0 Å². The molecule has 1 amide bonds. The number of nitrogens with zero attached hydrogens (tertiary/aromatic N) is 3. The number of nitrogens with one attached hydrogen (secondary N) is 1. The van der Waals surface area contributed by atoms with Crippen LogP contribution in [0.1, 0.15) is 40.6 Å². The van der Waals surface area contributed by atoms with Gasteiger partial charge in [-0.1, -0.05) is 25.5 Å². The molecule has 1 aromatic heterocycles. The molecule has 132 valence electrons. The third-order valence-corrected chi connectivity index (χ3v) is 3.68. The highest BCUT2D eigenvalue weighted by atomic mass is 16.5. The molecule has 0 aliphatic heterocycles. The van der Waals surface area contributed by atoms with Crippen LogP contribution in [0.15, 0.2) is 36.7 Å². The van der Waals surface area contributed by atoms with Crippen LogP contribution in [0, 0.1) is 0 Å². The van der Waals surface area contributed by atoms with Gasteiger partial charge in [0.25, 0.3) is 5.91 Å². The Balaban J connectivity index is 2.20. The first-order chi connectivity index (χ1) is 12.1. The fourth-order valence-corrected chi connectivity index (χ4v) is 2.25. The van der Waals surface area contributed by atoms with Crippen molar-refractivity contribution in [3.63, 3.8) is 0 Å². The Kier molecular flexibility index (Phi) is 6.45. The second-order valence-electron chi connectivity index (χ2n) is 5.53. The van der Waals surface area contributed by atoms with Crippen LogP contribution in [0.25, 0.3) is 0 Å². The van der Waals surface area contributed by atoms with E-state index >= 15 is 0 Å². The summed E-state index contributed by atoms with van der Waals surface area (Å²) in [6.45, 7) is 2.75. The minimum Gasteiger partial charge on any atom is -0.465 e. The average molecular weight is 342 g/mol. The lowest BCUT2D eigenvalue weighted by Gasteiger charge is -2.16. The zero-order chi connectivity index (χ0) is 18.2. The second-order valence-corrected chi connectivity index (χ2v) is 5.53. The molecule has 25 heavy (non-hydrogen) atoms. The number of benzene rings is 1. The molecule has 0 spiro atoms. The Hall–Kier alpha value is -2.96. The smallest absolute Gasteiger partial charge is 0.339 e. The number of anilines is 2. The minimum atomic E-state index is -0.451. The molecule has 0 saturated heterocycles. The molecular formula is C18H22N4O3. The van der Waals surface area contributed by atoms with E-state index in [-0.39, 0.29) is 5.91 Å². The van der Waals surface area contributed by atoms with Gasteiger partial charge in [-0.3, -0.25) is 4.79 Å². The van der Waals surface area contributed by atoms with E-state index in [4.69, 9.17) is 4.74 Å². The van der Waals surface area contributed by atoms with E-state index < -0.39 is 5.97 Å². The first kappa shape index (κ1) is 18.4. The number of unbranched alkanes of at least 4 members (excludes halogenated alkanes) is 1. The van der Waals surface area contributed by atoms with Crippen LogP contribution in [0.5, 0.6) is 0 Å². The predicted molar refractivity (Wildman–Crippen MR) is 95.0 cm³/mol. The topological polar surface area (TPSA) is 84.4 Å². The van der Waals surface area contributed by atoms with Crippen molar-refractivity contribution in [3.05, 3.63) is 47.9 Å². The van der Waals surface area contributed by atoms with Crippen molar-refractivity contribution >= 4 is 23.4 Å². The zero-order valence-corrected chi connectivity index (χ0v) is 14.7. The fourth-order valence-electron chi connectivity index (χ4n) is 2.25. The third kappa shape index (κ3) is 4.76. The Morgan fingerprint density at radius 3 is 2.72 bits per heavy atom. The van der Waals surface area contributed by atoms with Crippen molar-refractivity contribution in [1.29, 1.82) is 0 Å². The number of para-hydroxylation sites is 1. The van der Waals surface area contributed by atoms with Gasteiger partial charge in [-0.25, -0.2) is 14.8 Å². The summed E-state index contributed by atoms with van der Waals surface area (Å²) >= 11 is 0. The van der Waals surface area contributed by atoms with Gasteiger partial charge in [0.1, 0.15) is 17.8 Å². The number of carbonyl (C=O) groups excluding carboxylic acids is 2. The van der Waals surface area contributed by atoms with Crippen molar-refractivity contribution in [2.45, 2.75) is 19.8 Å². The Bertz CT molecular complexity index is 749. The van der Waals surface area contributed by atoms with Gasteiger partial charge >= 0.3 is 5.97 Å². The van der Waals surface area contributed by atoms with Gasteiger partial charge in [-0.05, 0) is 18.6 Å². The Labute approximate surface area is 147 Å². The summed E-state index contributed by atoms with van der Waals surface area (Å²) in [5.74, 6) is -0.188. The molecule has 0 saturated carbocycles. The van der Waals surface area contributed by atoms with E-state index in [2.05, 4.69) is 22.2 Å². The van der Waals surface area contributed by atoms with Gasteiger partial charge < -0.3 is 15.0 Å². The van der Waals surface area contributed by atoms with E-state index in [1.54, 1.807) is 42.3 Å². The Morgan fingerprint density at radius 2 is 2.00 bits per heavy atom. The first-order valence-corrected chi connectivity index (χ1v) is 8.08. The minimum absolute atomic E-state index is 0.167. The lowest BCUT2D eigenvalue weighted by molar-refractivity contribution is 0.0601. The molecule has 7 heteroatoms. The maximum Gasteiger partial charge on any atom is 0.339 e.